The molecule has 0 radical (unpaired) electrons. The molecule has 0 saturated carbocycles. The summed E-state index contributed by atoms with van der Waals surface area (Å²) in [4.78, 5) is 3.97. The Morgan fingerprint density at radius 1 is 1.45 bits per heavy atom. The molecule has 0 aliphatic rings. The Morgan fingerprint density at radius 3 is 2.95 bits per heavy atom. The predicted molar refractivity (Wildman–Crippen MR) is 74.8 cm³/mol. The van der Waals surface area contributed by atoms with Crippen molar-refractivity contribution in [3.8, 4) is 11.8 Å². The maximum atomic E-state index is 13.4. The van der Waals surface area contributed by atoms with E-state index in [9.17, 15) is 4.39 Å². The van der Waals surface area contributed by atoms with Crippen LogP contribution in [0.3, 0.4) is 0 Å². The van der Waals surface area contributed by atoms with E-state index in [1.807, 2.05) is 6.07 Å². The molecule has 0 aliphatic heterocycles. The van der Waals surface area contributed by atoms with Crippen molar-refractivity contribution in [2.45, 2.75) is 20.4 Å². The van der Waals surface area contributed by atoms with Crippen LogP contribution in [0.4, 0.5) is 4.39 Å². The van der Waals surface area contributed by atoms with Crippen molar-refractivity contribution in [3.05, 3.63) is 47.8 Å². The standard InChI is InChI=1S/C15H17FN4/c1-11(2)9-18-10-12-7-13(16)3-4-14(12)20-6-5-19-15(20)8-17/h3-7,11,18H,9-10H2,1-2H3. The highest BCUT2D eigenvalue weighted by Gasteiger charge is 2.10. The Balaban J connectivity index is 2.31. The van der Waals surface area contributed by atoms with E-state index in [0.717, 1.165) is 17.8 Å². The summed E-state index contributed by atoms with van der Waals surface area (Å²) in [5.74, 6) is 0.533. The molecule has 0 bridgehead atoms. The van der Waals surface area contributed by atoms with Crippen LogP contribution in [0, 0.1) is 23.1 Å². The van der Waals surface area contributed by atoms with Gasteiger partial charge in [-0.15, -0.1) is 0 Å². The lowest BCUT2D eigenvalue weighted by molar-refractivity contribution is 0.549. The van der Waals surface area contributed by atoms with Gasteiger partial charge in [0.1, 0.15) is 11.9 Å². The van der Waals surface area contributed by atoms with E-state index in [0.29, 0.717) is 18.3 Å². The molecule has 0 aliphatic carbocycles. The molecule has 104 valence electrons. The first-order valence-corrected chi connectivity index (χ1v) is 6.54. The van der Waals surface area contributed by atoms with Crippen LogP contribution in [0.15, 0.2) is 30.6 Å². The Labute approximate surface area is 117 Å². The van der Waals surface area contributed by atoms with Crippen molar-refractivity contribution in [2.24, 2.45) is 5.92 Å². The summed E-state index contributed by atoms with van der Waals surface area (Å²) < 4.78 is 15.1. The van der Waals surface area contributed by atoms with Gasteiger partial charge in [-0.05, 0) is 36.2 Å². The molecule has 1 N–H and O–H groups in total. The Kier molecular flexibility index (Phi) is 4.49. The van der Waals surface area contributed by atoms with Gasteiger partial charge in [0, 0.05) is 18.9 Å². The normalized spacial score (nSPS) is 10.8. The minimum atomic E-state index is -0.284. The zero-order valence-corrected chi connectivity index (χ0v) is 11.6. The van der Waals surface area contributed by atoms with E-state index in [2.05, 4.69) is 24.1 Å². The van der Waals surface area contributed by atoms with Gasteiger partial charge in [0.15, 0.2) is 0 Å². The number of nitrogens with one attached hydrogen (secondary N) is 1. The fraction of sp³-hybridized carbons (Fsp3) is 0.333. The van der Waals surface area contributed by atoms with Crippen LogP contribution in [0.5, 0.6) is 0 Å². The van der Waals surface area contributed by atoms with Crippen LogP contribution < -0.4 is 5.32 Å². The molecule has 20 heavy (non-hydrogen) atoms. The molecule has 0 unspecified atom stereocenters. The minimum absolute atomic E-state index is 0.284. The SMILES string of the molecule is CC(C)CNCc1cc(F)ccc1-n1ccnc1C#N. The fourth-order valence-electron chi connectivity index (χ4n) is 2.01. The average Bonchev–Trinajstić information content (AvgIpc) is 2.86. The van der Waals surface area contributed by atoms with Crippen molar-refractivity contribution >= 4 is 0 Å². The molecule has 0 fully saturated rings. The number of aromatic nitrogens is 2. The molecule has 0 atom stereocenters. The third-order valence-corrected chi connectivity index (χ3v) is 2.91. The maximum absolute atomic E-state index is 13.4. The molecule has 5 heteroatoms. The zero-order valence-electron chi connectivity index (χ0n) is 11.6. The van der Waals surface area contributed by atoms with E-state index < -0.39 is 0 Å². The molecule has 0 spiro atoms. The monoisotopic (exact) mass is 272 g/mol. The number of rotatable bonds is 5. The van der Waals surface area contributed by atoms with Gasteiger partial charge >= 0.3 is 0 Å². The second-order valence-corrected chi connectivity index (χ2v) is 5.03. The van der Waals surface area contributed by atoms with Crippen molar-refractivity contribution in [1.82, 2.24) is 14.9 Å². The topological polar surface area (TPSA) is 53.6 Å². The lowest BCUT2D eigenvalue weighted by Crippen LogP contribution is -2.20. The van der Waals surface area contributed by atoms with Crippen LogP contribution in [-0.2, 0) is 6.54 Å². The van der Waals surface area contributed by atoms with Gasteiger partial charge in [0.2, 0.25) is 5.82 Å². The van der Waals surface area contributed by atoms with E-state index in [1.54, 1.807) is 23.0 Å². The van der Waals surface area contributed by atoms with Gasteiger partial charge in [-0.2, -0.15) is 5.26 Å². The van der Waals surface area contributed by atoms with Gasteiger partial charge in [-0.1, -0.05) is 13.8 Å². The van der Waals surface area contributed by atoms with Gasteiger partial charge in [0.05, 0.1) is 5.69 Å². The molecule has 1 heterocycles. The molecule has 1 aromatic carbocycles. The Morgan fingerprint density at radius 2 is 2.25 bits per heavy atom. The molecular weight excluding hydrogens is 255 g/mol. The predicted octanol–water partition coefficient (Wildman–Crippen LogP) is 2.63. The first kappa shape index (κ1) is 14.2. The highest BCUT2D eigenvalue weighted by Crippen LogP contribution is 2.18. The number of benzene rings is 1. The van der Waals surface area contributed by atoms with Crippen molar-refractivity contribution < 1.29 is 4.39 Å². The molecule has 4 nitrogen and oxygen atoms in total. The first-order valence-electron chi connectivity index (χ1n) is 6.54. The van der Waals surface area contributed by atoms with Crippen LogP contribution in [-0.4, -0.2) is 16.1 Å². The minimum Gasteiger partial charge on any atom is -0.312 e. The molecule has 0 amide bonds. The van der Waals surface area contributed by atoms with Gasteiger partial charge < -0.3 is 5.32 Å². The van der Waals surface area contributed by atoms with E-state index in [1.165, 1.54) is 12.1 Å². The van der Waals surface area contributed by atoms with E-state index >= 15 is 0 Å². The number of imidazole rings is 1. The van der Waals surface area contributed by atoms with Gasteiger partial charge in [-0.25, -0.2) is 9.37 Å². The van der Waals surface area contributed by atoms with Crippen LogP contribution in [0.2, 0.25) is 0 Å². The summed E-state index contributed by atoms with van der Waals surface area (Å²) in [5, 5.41) is 12.3. The number of nitrogens with zero attached hydrogens (tertiary/aromatic N) is 3. The van der Waals surface area contributed by atoms with Crippen LogP contribution in [0.25, 0.3) is 5.69 Å². The molecular formula is C15H17FN4. The average molecular weight is 272 g/mol. The summed E-state index contributed by atoms with van der Waals surface area (Å²) >= 11 is 0. The van der Waals surface area contributed by atoms with Crippen molar-refractivity contribution in [2.75, 3.05) is 6.54 Å². The first-order chi connectivity index (χ1) is 9.61. The van der Waals surface area contributed by atoms with Crippen LogP contribution in [0.1, 0.15) is 25.2 Å². The van der Waals surface area contributed by atoms with Crippen LogP contribution >= 0.6 is 0 Å². The van der Waals surface area contributed by atoms with E-state index in [-0.39, 0.29) is 5.82 Å². The summed E-state index contributed by atoms with van der Waals surface area (Å²) in [6.07, 6.45) is 3.27. The molecule has 1 aromatic heterocycles. The lowest BCUT2D eigenvalue weighted by Gasteiger charge is -2.13. The number of halogens is 1. The lowest BCUT2D eigenvalue weighted by atomic mass is 10.1. The summed E-state index contributed by atoms with van der Waals surface area (Å²) in [6.45, 7) is 5.63. The van der Waals surface area contributed by atoms with Gasteiger partial charge in [-0.3, -0.25) is 4.57 Å². The largest absolute Gasteiger partial charge is 0.312 e. The number of hydrogen-bond acceptors (Lipinski definition) is 3. The summed E-state index contributed by atoms with van der Waals surface area (Å²) in [6, 6.07) is 6.58. The molecule has 2 rings (SSSR count). The van der Waals surface area contributed by atoms with Crippen molar-refractivity contribution in [1.29, 1.82) is 5.26 Å². The Hall–Kier alpha value is -2.19. The second-order valence-electron chi connectivity index (χ2n) is 5.03. The number of hydrogen-bond donors (Lipinski definition) is 1. The fourth-order valence-corrected chi connectivity index (χ4v) is 2.01. The highest BCUT2D eigenvalue weighted by molar-refractivity contribution is 5.44. The smallest absolute Gasteiger partial charge is 0.217 e. The summed E-state index contributed by atoms with van der Waals surface area (Å²) in [7, 11) is 0. The third kappa shape index (κ3) is 3.22. The maximum Gasteiger partial charge on any atom is 0.217 e. The summed E-state index contributed by atoms with van der Waals surface area (Å²) in [5.41, 5.74) is 1.58. The van der Waals surface area contributed by atoms with Gasteiger partial charge in [0.25, 0.3) is 0 Å². The van der Waals surface area contributed by atoms with Crippen molar-refractivity contribution in [3.63, 3.8) is 0 Å². The highest BCUT2D eigenvalue weighted by atomic mass is 19.1. The molecule has 2 aromatic rings. The third-order valence-electron chi connectivity index (χ3n) is 2.91. The molecule has 0 saturated heterocycles. The second kappa shape index (κ2) is 6.31. The number of nitriles is 1. The van der Waals surface area contributed by atoms with E-state index in [4.69, 9.17) is 5.26 Å². The quantitative estimate of drug-likeness (QED) is 0.910. The Bertz CT molecular complexity index is 625. The zero-order chi connectivity index (χ0) is 14.5.